The van der Waals surface area contributed by atoms with Gasteiger partial charge in [0.1, 0.15) is 0 Å². The zero-order valence-electron chi connectivity index (χ0n) is 24.9. The molecule has 0 aliphatic heterocycles. The van der Waals surface area contributed by atoms with Crippen molar-refractivity contribution in [1.82, 2.24) is 12.9 Å². The fraction of sp³-hybridized carbons (Fsp3) is 0.250. The van der Waals surface area contributed by atoms with Gasteiger partial charge in [-0.15, -0.1) is 0 Å². The van der Waals surface area contributed by atoms with E-state index in [1.807, 2.05) is 0 Å². The van der Waals surface area contributed by atoms with Crippen molar-refractivity contribution in [3.63, 3.8) is 0 Å². The van der Waals surface area contributed by atoms with E-state index in [1.54, 1.807) is 12.1 Å². The average molecular weight is 748 g/mol. The second-order valence-electron chi connectivity index (χ2n) is 9.37. The van der Waals surface area contributed by atoms with Crippen molar-refractivity contribution in [2.45, 2.75) is 24.5 Å². The molecule has 0 bridgehead atoms. The Hall–Kier alpha value is -2.66. The molecule has 45 heavy (non-hydrogen) atoms. The molecule has 4 N–H and O–H groups in total. The molecule has 0 unspecified atom stereocenters. The number of hydrogen-bond donors (Lipinski definition) is 2. The van der Waals surface area contributed by atoms with Gasteiger partial charge in [0, 0.05) is 58.7 Å². The smallest absolute Gasteiger partial charge is 0.261 e. The first kappa shape index (κ1) is 40.4. The monoisotopic (exact) mass is 747 g/mol. The van der Waals surface area contributed by atoms with E-state index < -0.39 is 49.1 Å². The number of rotatable bonds is 8. The number of sulfonamides is 4. The maximum atomic E-state index is 11.7. The van der Waals surface area contributed by atoms with Crippen molar-refractivity contribution in [2.75, 3.05) is 48.0 Å². The van der Waals surface area contributed by atoms with Crippen LogP contribution in [-0.2, 0) is 49.1 Å². The highest BCUT2D eigenvalue weighted by Gasteiger charge is 2.21. The Morgan fingerprint density at radius 3 is 1.09 bits per heavy atom. The Morgan fingerprint density at radius 2 is 0.778 bits per heavy atom. The molecule has 0 amide bonds. The summed E-state index contributed by atoms with van der Waals surface area (Å²) in [6, 6.07) is 16.0. The van der Waals surface area contributed by atoms with Crippen LogP contribution in [0.3, 0.4) is 0 Å². The van der Waals surface area contributed by atoms with E-state index >= 15 is 0 Å². The van der Waals surface area contributed by atoms with Crippen molar-refractivity contribution >= 4 is 65.5 Å². The number of benzene rings is 3. The maximum Gasteiger partial charge on any atom is 0.261 e. The number of anilines is 1. The zero-order chi connectivity index (χ0) is 35.2. The molecule has 3 rings (SSSR count). The van der Waals surface area contributed by atoms with Gasteiger partial charge in [-0.25, -0.2) is 60.1 Å². The molecule has 3 aromatic carbocycles. The lowest BCUT2D eigenvalue weighted by Gasteiger charge is -2.11. The highest BCUT2D eigenvalue weighted by molar-refractivity contribution is 8.13. The fourth-order valence-corrected chi connectivity index (χ4v) is 7.26. The standard InChI is InChI=1S/C8H10ClNO4S2.C8H12N2O4S2.C8H12N2O2S/c2*1-10(2)16(13,14)8-5-3-4-7(6-8)15(9,11)12;1-10(2)13(11,12)8-5-3-4-7(9)6-8/h3-6H,1-2H3;3-6H,1-2H3,(H2,9,11,12);3-6H,9H2,1-2H3. The minimum atomic E-state index is -3.92. The van der Waals surface area contributed by atoms with Gasteiger partial charge >= 0.3 is 0 Å². The van der Waals surface area contributed by atoms with Gasteiger partial charge in [-0.1, -0.05) is 18.2 Å². The SMILES string of the molecule is CN(C)S(=O)(=O)c1cccc(N)c1.CN(C)S(=O)(=O)c1cccc(S(=O)(=O)Cl)c1.CN(C)S(=O)(=O)c1cccc(S(N)(=O)=O)c1. The van der Waals surface area contributed by atoms with Crippen LogP contribution in [-0.4, -0.2) is 97.3 Å². The summed E-state index contributed by atoms with van der Waals surface area (Å²) >= 11 is 0. The molecule has 15 nitrogen and oxygen atoms in total. The normalized spacial score (nSPS) is 12.7. The van der Waals surface area contributed by atoms with Crippen LogP contribution < -0.4 is 10.9 Å². The average Bonchev–Trinajstić information content (AvgIpc) is 2.92. The van der Waals surface area contributed by atoms with Gasteiger partial charge in [-0.2, -0.15) is 0 Å². The van der Waals surface area contributed by atoms with Crippen LogP contribution >= 0.6 is 10.7 Å². The molecule has 0 aliphatic carbocycles. The number of halogens is 1. The fourth-order valence-electron chi connectivity index (χ4n) is 2.91. The molecular formula is C24H34ClN5O10S5. The minimum Gasteiger partial charge on any atom is -0.399 e. The lowest BCUT2D eigenvalue weighted by Crippen LogP contribution is -2.22. The predicted octanol–water partition coefficient (Wildman–Crippen LogP) is 0.968. The van der Waals surface area contributed by atoms with E-state index in [0.717, 1.165) is 25.0 Å². The molecule has 0 fully saturated rings. The first-order valence-electron chi connectivity index (χ1n) is 12.1. The Labute approximate surface area is 269 Å². The number of nitrogens with zero attached hydrogens (tertiary/aromatic N) is 3. The number of nitrogen functional groups attached to an aromatic ring is 1. The molecule has 0 radical (unpaired) electrons. The summed E-state index contributed by atoms with van der Waals surface area (Å²) in [6.07, 6.45) is 0. The third kappa shape index (κ3) is 11.3. The predicted molar refractivity (Wildman–Crippen MR) is 171 cm³/mol. The van der Waals surface area contributed by atoms with Crippen LogP contribution in [0.4, 0.5) is 5.69 Å². The molecule has 252 valence electrons. The maximum absolute atomic E-state index is 11.7. The minimum absolute atomic E-state index is 0.107. The summed E-state index contributed by atoms with van der Waals surface area (Å²) in [5, 5.41) is 4.91. The second kappa shape index (κ2) is 15.3. The van der Waals surface area contributed by atoms with Gasteiger partial charge in [0.05, 0.1) is 24.5 Å². The molecule has 0 aliphatic rings. The van der Waals surface area contributed by atoms with Gasteiger partial charge in [-0.05, 0) is 54.6 Å². The van der Waals surface area contributed by atoms with Gasteiger partial charge < -0.3 is 5.73 Å². The summed E-state index contributed by atoms with van der Waals surface area (Å²) < 4.78 is 117. The van der Waals surface area contributed by atoms with E-state index in [1.165, 1.54) is 90.8 Å². The molecule has 0 atom stereocenters. The first-order valence-corrected chi connectivity index (χ1v) is 20.2. The number of primary sulfonamides is 1. The van der Waals surface area contributed by atoms with Crippen LogP contribution in [0.5, 0.6) is 0 Å². The lowest BCUT2D eigenvalue weighted by molar-refractivity contribution is 0.519. The Bertz CT molecular complexity index is 1940. The van der Waals surface area contributed by atoms with Crippen molar-refractivity contribution < 1.29 is 42.1 Å². The molecule has 21 heteroatoms. The number of hydrogen-bond acceptors (Lipinski definition) is 11. The molecule has 0 aromatic heterocycles. The lowest BCUT2D eigenvalue weighted by atomic mass is 10.3. The van der Waals surface area contributed by atoms with Crippen molar-refractivity contribution in [3.05, 3.63) is 72.8 Å². The van der Waals surface area contributed by atoms with E-state index in [-0.39, 0.29) is 24.5 Å². The molecule has 0 saturated carbocycles. The Kier molecular flexibility index (Phi) is 13.7. The third-order valence-electron chi connectivity index (χ3n) is 5.41. The van der Waals surface area contributed by atoms with Crippen LogP contribution in [0.15, 0.2) is 97.3 Å². The summed E-state index contributed by atoms with van der Waals surface area (Å²) in [6.45, 7) is 0. The van der Waals surface area contributed by atoms with Crippen LogP contribution in [0.2, 0.25) is 0 Å². The largest absolute Gasteiger partial charge is 0.399 e. The van der Waals surface area contributed by atoms with E-state index in [0.29, 0.717) is 5.69 Å². The highest BCUT2D eigenvalue weighted by Crippen LogP contribution is 2.21. The second-order valence-corrected chi connectivity index (χ2v) is 20.0. The molecule has 0 heterocycles. The number of nitrogens with two attached hydrogens (primary N) is 2. The summed E-state index contributed by atoms with van der Waals surface area (Å²) in [7, 11) is -4.93. The van der Waals surface area contributed by atoms with Crippen molar-refractivity contribution in [1.29, 1.82) is 0 Å². The highest BCUT2D eigenvalue weighted by atomic mass is 35.7. The van der Waals surface area contributed by atoms with Crippen LogP contribution in [0.25, 0.3) is 0 Å². The van der Waals surface area contributed by atoms with Gasteiger partial charge in [-0.3, -0.25) is 0 Å². The Balaban J connectivity index is 0.000000340. The third-order valence-corrected chi connectivity index (χ3v) is 13.1. The van der Waals surface area contributed by atoms with Crippen molar-refractivity contribution in [2.24, 2.45) is 5.14 Å². The topological polar surface area (TPSA) is 232 Å². The molecular weight excluding hydrogens is 714 g/mol. The van der Waals surface area contributed by atoms with E-state index in [2.05, 4.69) is 0 Å². The van der Waals surface area contributed by atoms with Gasteiger partial charge in [0.25, 0.3) is 9.05 Å². The molecule has 3 aromatic rings. The van der Waals surface area contributed by atoms with Crippen LogP contribution in [0, 0.1) is 0 Å². The van der Waals surface area contributed by atoms with Gasteiger partial charge in [0.2, 0.25) is 40.1 Å². The van der Waals surface area contributed by atoms with Crippen molar-refractivity contribution in [3.8, 4) is 0 Å². The molecule has 0 saturated heterocycles. The Morgan fingerprint density at radius 1 is 0.489 bits per heavy atom. The van der Waals surface area contributed by atoms with E-state index in [9.17, 15) is 42.1 Å². The first-order chi connectivity index (χ1) is 20.2. The quantitative estimate of drug-likeness (QED) is 0.243. The summed E-state index contributed by atoms with van der Waals surface area (Å²) in [4.78, 5) is -0.465. The zero-order valence-corrected chi connectivity index (χ0v) is 29.8. The molecule has 0 spiro atoms. The summed E-state index contributed by atoms with van der Waals surface area (Å²) in [5.74, 6) is 0. The van der Waals surface area contributed by atoms with Gasteiger partial charge in [0.15, 0.2) is 0 Å². The summed E-state index contributed by atoms with van der Waals surface area (Å²) in [5.41, 5.74) is 5.92. The van der Waals surface area contributed by atoms with E-state index in [4.69, 9.17) is 21.6 Å². The van der Waals surface area contributed by atoms with Crippen LogP contribution in [0.1, 0.15) is 0 Å².